The number of carbonyl (C=O) groups is 1. The van der Waals surface area contributed by atoms with E-state index >= 15 is 0 Å². The number of carboxylic acids is 1. The summed E-state index contributed by atoms with van der Waals surface area (Å²) in [6.07, 6.45) is 2.06. The van der Waals surface area contributed by atoms with Crippen LogP contribution < -0.4 is 0 Å². The van der Waals surface area contributed by atoms with Gasteiger partial charge in [0.25, 0.3) is 0 Å². The third kappa shape index (κ3) is 3.62. The van der Waals surface area contributed by atoms with Gasteiger partial charge in [-0.25, -0.2) is 0 Å². The zero-order chi connectivity index (χ0) is 16.2. The quantitative estimate of drug-likeness (QED) is 0.928. The highest BCUT2D eigenvalue weighted by atomic mass is 16.4. The number of aliphatic carboxylic acids is 1. The minimum atomic E-state index is -0.726. The molecule has 23 heavy (non-hydrogen) atoms. The van der Waals surface area contributed by atoms with E-state index in [1.807, 2.05) is 6.07 Å². The fourth-order valence-corrected chi connectivity index (χ4v) is 3.35. The number of likely N-dealkylation sites (tertiary alicyclic amines) is 1. The summed E-state index contributed by atoms with van der Waals surface area (Å²) in [6, 6.07) is 18.9. The molecule has 120 valence electrons. The Morgan fingerprint density at radius 1 is 1.00 bits per heavy atom. The first-order chi connectivity index (χ1) is 11.1. The molecule has 1 fully saturated rings. The lowest BCUT2D eigenvalue weighted by atomic mass is 9.88. The number of piperidine rings is 1. The molecule has 0 spiro atoms. The van der Waals surface area contributed by atoms with Gasteiger partial charge in [-0.1, -0.05) is 54.6 Å². The van der Waals surface area contributed by atoms with Gasteiger partial charge in [0.05, 0.1) is 0 Å². The first kappa shape index (κ1) is 15.8. The predicted octanol–water partition coefficient (Wildman–Crippen LogP) is 4.01. The molecule has 0 aromatic heterocycles. The molecule has 0 aliphatic carbocycles. The van der Waals surface area contributed by atoms with E-state index in [1.165, 1.54) is 16.7 Å². The van der Waals surface area contributed by atoms with Gasteiger partial charge in [0.2, 0.25) is 0 Å². The molecule has 0 amide bonds. The summed E-state index contributed by atoms with van der Waals surface area (Å²) in [7, 11) is 0. The molecule has 3 heteroatoms. The van der Waals surface area contributed by atoms with Gasteiger partial charge in [0, 0.05) is 0 Å². The third-order valence-electron chi connectivity index (χ3n) is 4.92. The third-order valence-corrected chi connectivity index (χ3v) is 4.92. The van der Waals surface area contributed by atoms with Gasteiger partial charge in [-0.15, -0.1) is 0 Å². The van der Waals surface area contributed by atoms with Gasteiger partial charge >= 0.3 is 5.97 Å². The topological polar surface area (TPSA) is 40.5 Å². The second-order valence-electron chi connectivity index (χ2n) is 6.31. The monoisotopic (exact) mass is 309 g/mol. The number of benzene rings is 2. The second-order valence-corrected chi connectivity index (χ2v) is 6.31. The van der Waals surface area contributed by atoms with Crippen LogP contribution in [0.15, 0.2) is 54.6 Å². The van der Waals surface area contributed by atoms with E-state index in [4.69, 9.17) is 5.11 Å². The van der Waals surface area contributed by atoms with Crippen LogP contribution in [0.5, 0.6) is 0 Å². The molecule has 0 radical (unpaired) electrons. The molecule has 2 aromatic carbocycles. The summed E-state index contributed by atoms with van der Waals surface area (Å²) in [5.74, 6) is -0.187. The lowest BCUT2D eigenvalue weighted by Gasteiger charge is -2.34. The van der Waals surface area contributed by atoms with Crippen LogP contribution in [0.2, 0.25) is 0 Å². The number of nitrogens with zero attached hydrogens (tertiary/aromatic N) is 1. The van der Waals surface area contributed by atoms with Crippen LogP contribution in [0.1, 0.15) is 31.2 Å². The Morgan fingerprint density at radius 2 is 1.57 bits per heavy atom. The highest BCUT2D eigenvalue weighted by Crippen LogP contribution is 2.30. The van der Waals surface area contributed by atoms with E-state index in [0.717, 1.165) is 25.9 Å². The van der Waals surface area contributed by atoms with Crippen LogP contribution in [-0.4, -0.2) is 35.1 Å². The van der Waals surface area contributed by atoms with Gasteiger partial charge in [-0.05, 0) is 55.5 Å². The summed E-state index contributed by atoms with van der Waals surface area (Å²) in [5.41, 5.74) is 3.85. The number of hydrogen-bond donors (Lipinski definition) is 1. The largest absolute Gasteiger partial charge is 0.480 e. The Balaban J connectivity index is 1.64. The van der Waals surface area contributed by atoms with Gasteiger partial charge in [-0.3, -0.25) is 9.69 Å². The molecular formula is C20H23NO2. The summed E-state index contributed by atoms with van der Waals surface area (Å²) < 4.78 is 0. The van der Waals surface area contributed by atoms with Crippen molar-refractivity contribution in [1.82, 2.24) is 4.90 Å². The Bertz CT molecular complexity index is 643. The smallest absolute Gasteiger partial charge is 0.320 e. The maximum Gasteiger partial charge on any atom is 0.320 e. The molecule has 1 aliphatic rings. The van der Waals surface area contributed by atoms with E-state index in [1.54, 1.807) is 6.92 Å². The fourth-order valence-electron chi connectivity index (χ4n) is 3.35. The van der Waals surface area contributed by atoms with E-state index in [-0.39, 0.29) is 6.04 Å². The number of rotatable bonds is 4. The van der Waals surface area contributed by atoms with Crippen molar-refractivity contribution in [3.8, 4) is 11.1 Å². The Morgan fingerprint density at radius 3 is 2.13 bits per heavy atom. The zero-order valence-electron chi connectivity index (χ0n) is 13.5. The lowest BCUT2D eigenvalue weighted by Crippen LogP contribution is -2.43. The van der Waals surface area contributed by atoms with Crippen molar-refractivity contribution in [2.24, 2.45) is 0 Å². The zero-order valence-corrected chi connectivity index (χ0v) is 13.5. The van der Waals surface area contributed by atoms with E-state index in [0.29, 0.717) is 5.92 Å². The fraction of sp³-hybridized carbons (Fsp3) is 0.350. The first-order valence-corrected chi connectivity index (χ1v) is 8.27. The molecule has 0 saturated carbocycles. The summed E-state index contributed by atoms with van der Waals surface area (Å²) in [5, 5.41) is 9.11. The van der Waals surface area contributed by atoms with Crippen molar-refractivity contribution in [1.29, 1.82) is 0 Å². The highest BCUT2D eigenvalue weighted by molar-refractivity contribution is 5.72. The molecule has 3 rings (SSSR count). The normalized spacial score (nSPS) is 17.8. The molecule has 1 heterocycles. The van der Waals surface area contributed by atoms with Gasteiger partial charge in [-0.2, -0.15) is 0 Å². The maximum absolute atomic E-state index is 11.1. The molecule has 1 unspecified atom stereocenters. The van der Waals surface area contributed by atoms with Crippen molar-refractivity contribution < 1.29 is 9.90 Å². The van der Waals surface area contributed by atoms with E-state index < -0.39 is 5.97 Å². The summed E-state index contributed by atoms with van der Waals surface area (Å²) in [4.78, 5) is 13.1. The summed E-state index contributed by atoms with van der Waals surface area (Å²) >= 11 is 0. The van der Waals surface area contributed by atoms with E-state index in [9.17, 15) is 4.79 Å². The molecule has 1 N–H and O–H groups in total. The molecule has 1 saturated heterocycles. The SMILES string of the molecule is CC(C(=O)O)N1CCC(c2ccc(-c3ccccc3)cc2)CC1. The van der Waals surface area contributed by atoms with Crippen LogP contribution in [0.4, 0.5) is 0 Å². The molecule has 1 aliphatic heterocycles. The van der Waals surface area contributed by atoms with Crippen LogP contribution in [0, 0.1) is 0 Å². The van der Waals surface area contributed by atoms with Crippen molar-refractivity contribution >= 4 is 5.97 Å². The summed E-state index contributed by atoms with van der Waals surface area (Å²) in [6.45, 7) is 3.49. The molecule has 3 nitrogen and oxygen atoms in total. The number of carboxylic acid groups (broad SMARTS) is 1. The Kier molecular flexibility index (Phi) is 4.77. The van der Waals surface area contributed by atoms with Crippen LogP contribution in [0.25, 0.3) is 11.1 Å². The van der Waals surface area contributed by atoms with Crippen LogP contribution in [-0.2, 0) is 4.79 Å². The predicted molar refractivity (Wildman–Crippen MR) is 92.5 cm³/mol. The van der Waals surface area contributed by atoms with Crippen molar-refractivity contribution in [2.75, 3.05) is 13.1 Å². The van der Waals surface area contributed by atoms with E-state index in [2.05, 4.69) is 53.4 Å². The maximum atomic E-state index is 11.1. The molecule has 0 bridgehead atoms. The van der Waals surface area contributed by atoms with Gasteiger partial charge in [0.1, 0.15) is 6.04 Å². The standard InChI is InChI=1S/C20H23NO2/c1-15(20(22)23)21-13-11-19(12-14-21)18-9-7-17(8-10-18)16-5-3-2-4-6-16/h2-10,15,19H,11-14H2,1H3,(H,22,23). The van der Waals surface area contributed by atoms with Crippen LogP contribution >= 0.6 is 0 Å². The van der Waals surface area contributed by atoms with Crippen molar-refractivity contribution in [3.63, 3.8) is 0 Å². The Labute approximate surface area is 137 Å². The number of hydrogen-bond acceptors (Lipinski definition) is 2. The minimum Gasteiger partial charge on any atom is -0.480 e. The average Bonchev–Trinajstić information content (AvgIpc) is 2.62. The lowest BCUT2D eigenvalue weighted by molar-refractivity contribution is -0.143. The minimum absolute atomic E-state index is 0.378. The van der Waals surface area contributed by atoms with Crippen LogP contribution in [0.3, 0.4) is 0 Å². The van der Waals surface area contributed by atoms with Gasteiger partial charge < -0.3 is 5.11 Å². The van der Waals surface area contributed by atoms with Crippen molar-refractivity contribution in [2.45, 2.75) is 31.7 Å². The molecule has 1 atom stereocenters. The Hall–Kier alpha value is -2.13. The highest BCUT2D eigenvalue weighted by Gasteiger charge is 2.26. The van der Waals surface area contributed by atoms with Crippen molar-refractivity contribution in [3.05, 3.63) is 60.2 Å². The molecule has 2 aromatic rings. The molecular weight excluding hydrogens is 286 g/mol. The van der Waals surface area contributed by atoms with Gasteiger partial charge in [0.15, 0.2) is 0 Å². The first-order valence-electron chi connectivity index (χ1n) is 8.27. The average molecular weight is 309 g/mol. The second kappa shape index (κ2) is 6.97.